The molecule has 1 aromatic rings. The first-order valence-electron chi connectivity index (χ1n) is 3.51. The average Bonchev–Trinajstić information content (AvgIpc) is 2.31. The summed E-state index contributed by atoms with van der Waals surface area (Å²) < 4.78 is 4.92. The van der Waals surface area contributed by atoms with Gasteiger partial charge in [-0.1, -0.05) is 19.0 Å². The third-order valence-corrected chi connectivity index (χ3v) is 2.25. The first-order valence-corrected chi connectivity index (χ1v) is 4.56. The molecule has 0 radical (unpaired) electrons. The zero-order chi connectivity index (χ0) is 8.27. The van der Waals surface area contributed by atoms with Crippen LogP contribution in [0.4, 0.5) is 5.82 Å². The summed E-state index contributed by atoms with van der Waals surface area (Å²) >= 11 is 1.81. The highest BCUT2D eigenvalue weighted by Crippen LogP contribution is 2.17. The molecule has 0 bridgehead atoms. The molecule has 0 spiro atoms. The molecule has 0 aromatic carbocycles. The molecule has 0 aliphatic carbocycles. The molecule has 62 valence electrons. The Labute approximate surface area is 70.3 Å². The van der Waals surface area contributed by atoms with Gasteiger partial charge >= 0.3 is 0 Å². The van der Waals surface area contributed by atoms with Crippen LogP contribution >= 0.6 is 11.8 Å². The van der Waals surface area contributed by atoms with Gasteiger partial charge in [0.05, 0.1) is 5.75 Å². The van der Waals surface area contributed by atoms with Gasteiger partial charge in [0.15, 0.2) is 5.82 Å². The molecule has 4 heteroatoms. The molecule has 0 fully saturated rings. The zero-order valence-corrected chi connectivity index (χ0v) is 7.52. The molecule has 0 saturated carbocycles. The van der Waals surface area contributed by atoms with Crippen LogP contribution in [0.15, 0.2) is 10.6 Å². The molecule has 2 N–H and O–H groups in total. The molecular formula is C7H12N2OS. The fourth-order valence-electron chi connectivity index (χ4n) is 0.646. The molecule has 1 rings (SSSR count). The Morgan fingerprint density at radius 2 is 2.45 bits per heavy atom. The lowest BCUT2D eigenvalue weighted by Crippen LogP contribution is -1.87. The topological polar surface area (TPSA) is 52.0 Å². The molecule has 0 unspecified atom stereocenters. The number of nitrogens with zero attached hydrogens (tertiary/aromatic N) is 1. The second-order valence-corrected chi connectivity index (χ2v) is 4.14. The summed E-state index contributed by atoms with van der Waals surface area (Å²) in [4.78, 5) is 0. The average molecular weight is 172 g/mol. The van der Waals surface area contributed by atoms with Crippen molar-refractivity contribution >= 4 is 17.6 Å². The molecular weight excluding hydrogens is 160 g/mol. The predicted molar refractivity (Wildman–Crippen MR) is 47.3 cm³/mol. The van der Waals surface area contributed by atoms with Crippen LogP contribution in [0, 0.1) is 0 Å². The minimum Gasteiger partial charge on any atom is -0.381 e. The van der Waals surface area contributed by atoms with E-state index < -0.39 is 0 Å². The first kappa shape index (κ1) is 8.46. The summed E-state index contributed by atoms with van der Waals surface area (Å²) in [7, 11) is 0. The number of nitrogens with two attached hydrogens (primary N) is 1. The van der Waals surface area contributed by atoms with E-state index >= 15 is 0 Å². The summed E-state index contributed by atoms with van der Waals surface area (Å²) in [5, 5.41) is 4.20. The number of thioether (sulfide) groups is 1. The van der Waals surface area contributed by atoms with Crippen LogP contribution in [-0.2, 0) is 5.75 Å². The van der Waals surface area contributed by atoms with Gasteiger partial charge in [0.25, 0.3) is 0 Å². The maximum absolute atomic E-state index is 5.37. The van der Waals surface area contributed by atoms with E-state index in [0.29, 0.717) is 11.1 Å². The van der Waals surface area contributed by atoms with Crippen molar-refractivity contribution in [2.45, 2.75) is 24.9 Å². The van der Waals surface area contributed by atoms with E-state index in [1.807, 2.05) is 11.8 Å². The molecule has 0 saturated heterocycles. The van der Waals surface area contributed by atoms with Gasteiger partial charge in [-0.2, -0.15) is 11.8 Å². The first-order chi connectivity index (χ1) is 5.18. The van der Waals surface area contributed by atoms with Crippen molar-refractivity contribution in [3.8, 4) is 0 Å². The maximum Gasteiger partial charge on any atom is 0.167 e. The number of rotatable bonds is 3. The van der Waals surface area contributed by atoms with E-state index in [4.69, 9.17) is 10.3 Å². The van der Waals surface area contributed by atoms with Gasteiger partial charge < -0.3 is 10.3 Å². The van der Waals surface area contributed by atoms with E-state index in [9.17, 15) is 0 Å². The molecule has 11 heavy (non-hydrogen) atoms. The maximum atomic E-state index is 5.37. The Balaban J connectivity index is 2.39. The highest BCUT2D eigenvalue weighted by Gasteiger charge is 2.01. The van der Waals surface area contributed by atoms with Gasteiger partial charge in [0.2, 0.25) is 0 Å². The van der Waals surface area contributed by atoms with Gasteiger partial charge in [0, 0.05) is 6.07 Å². The highest BCUT2D eigenvalue weighted by molar-refractivity contribution is 7.99. The van der Waals surface area contributed by atoms with Crippen LogP contribution in [0.25, 0.3) is 0 Å². The van der Waals surface area contributed by atoms with Crippen LogP contribution in [0.2, 0.25) is 0 Å². The van der Waals surface area contributed by atoms with Crippen molar-refractivity contribution in [1.82, 2.24) is 5.16 Å². The van der Waals surface area contributed by atoms with Crippen LogP contribution in [0.5, 0.6) is 0 Å². The van der Waals surface area contributed by atoms with E-state index in [-0.39, 0.29) is 0 Å². The Morgan fingerprint density at radius 3 is 2.91 bits per heavy atom. The lowest BCUT2D eigenvalue weighted by molar-refractivity contribution is 0.398. The third-order valence-electron chi connectivity index (χ3n) is 1.14. The Morgan fingerprint density at radius 1 is 1.73 bits per heavy atom. The van der Waals surface area contributed by atoms with E-state index in [0.717, 1.165) is 11.5 Å². The summed E-state index contributed by atoms with van der Waals surface area (Å²) in [5.74, 6) is 2.16. The summed E-state index contributed by atoms with van der Waals surface area (Å²) in [6.45, 7) is 4.29. The fraction of sp³-hybridized carbons (Fsp3) is 0.571. The molecule has 0 aliphatic heterocycles. The Bertz CT molecular complexity index is 222. The van der Waals surface area contributed by atoms with E-state index in [2.05, 4.69) is 19.0 Å². The van der Waals surface area contributed by atoms with Crippen LogP contribution in [0.1, 0.15) is 19.6 Å². The smallest absolute Gasteiger partial charge is 0.167 e. The van der Waals surface area contributed by atoms with Gasteiger partial charge in [-0.15, -0.1) is 0 Å². The normalized spacial score (nSPS) is 10.8. The summed E-state index contributed by atoms with van der Waals surface area (Å²) in [6.07, 6.45) is 0. The minimum absolute atomic E-state index is 0.462. The highest BCUT2D eigenvalue weighted by atomic mass is 32.2. The molecule has 0 amide bonds. The molecule has 1 heterocycles. The monoisotopic (exact) mass is 172 g/mol. The van der Waals surface area contributed by atoms with E-state index in [1.54, 1.807) is 6.07 Å². The largest absolute Gasteiger partial charge is 0.381 e. The minimum atomic E-state index is 0.462. The van der Waals surface area contributed by atoms with Crippen molar-refractivity contribution in [3.63, 3.8) is 0 Å². The molecule has 3 nitrogen and oxygen atoms in total. The Hall–Kier alpha value is -0.640. The number of nitrogen functional groups attached to an aromatic ring is 1. The summed E-state index contributed by atoms with van der Waals surface area (Å²) in [6, 6.07) is 1.76. The molecule has 1 aromatic heterocycles. The van der Waals surface area contributed by atoms with Crippen molar-refractivity contribution in [2.24, 2.45) is 0 Å². The second kappa shape index (κ2) is 3.67. The second-order valence-electron chi connectivity index (χ2n) is 2.58. The van der Waals surface area contributed by atoms with E-state index in [1.165, 1.54) is 0 Å². The van der Waals surface area contributed by atoms with Crippen molar-refractivity contribution in [1.29, 1.82) is 0 Å². The van der Waals surface area contributed by atoms with Crippen molar-refractivity contribution < 1.29 is 4.52 Å². The van der Waals surface area contributed by atoms with Gasteiger partial charge in [-0.05, 0) is 5.25 Å². The summed E-state index contributed by atoms with van der Waals surface area (Å²) in [5.41, 5.74) is 5.37. The SMILES string of the molecule is CC(C)SCc1cc(N)no1. The zero-order valence-electron chi connectivity index (χ0n) is 6.70. The number of hydrogen-bond donors (Lipinski definition) is 1. The van der Waals surface area contributed by atoms with Crippen LogP contribution in [-0.4, -0.2) is 10.4 Å². The quantitative estimate of drug-likeness (QED) is 0.756. The van der Waals surface area contributed by atoms with Crippen LogP contribution < -0.4 is 5.73 Å². The fourth-order valence-corrected chi connectivity index (χ4v) is 1.28. The number of aromatic nitrogens is 1. The Kier molecular flexibility index (Phi) is 2.82. The number of hydrogen-bond acceptors (Lipinski definition) is 4. The van der Waals surface area contributed by atoms with Crippen LogP contribution in [0.3, 0.4) is 0 Å². The lowest BCUT2D eigenvalue weighted by Gasteiger charge is -1.99. The van der Waals surface area contributed by atoms with Crippen molar-refractivity contribution in [3.05, 3.63) is 11.8 Å². The van der Waals surface area contributed by atoms with Gasteiger partial charge in [0.1, 0.15) is 5.76 Å². The predicted octanol–water partition coefficient (Wildman–Crippen LogP) is 1.90. The number of anilines is 1. The van der Waals surface area contributed by atoms with Crippen molar-refractivity contribution in [2.75, 3.05) is 5.73 Å². The van der Waals surface area contributed by atoms with Gasteiger partial charge in [-0.3, -0.25) is 0 Å². The standard InChI is InChI=1S/C7H12N2OS/c1-5(2)11-4-6-3-7(8)9-10-6/h3,5H,4H2,1-2H3,(H2,8,9). The van der Waals surface area contributed by atoms with Gasteiger partial charge in [-0.25, -0.2) is 0 Å². The lowest BCUT2D eigenvalue weighted by atomic mass is 10.5. The molecule has 0 aliphatic rings. The molecule has 0 atom stereocenters. The third kappa shape index (κ3) is 2.84.